The molecule has 0 aromatic heterocycles. The number of carboxylic acid groups (broad SMARTS) is 1. The van der Waals surface area contributed by atoms with E-state index >= 15 is 0 Å². The molecule has 0 aliphatic rings. The normalized spacial score (nSPS) is 11.3. The van der Waals surface area contributed by atoms with E-state index in [2.05, 4.69) is 4.72 Å². The highest BCUT2D eigenvalue weighted by atomic mass is 32.2. The lowest BCUT2D eigenvalue weighted by molar-refractivity contribution is -0.137. The zero-order chi connectivity index (χ0) is 14.5. The average molecular weight is 287 g/mol. The molecule has 0 heterocycles. The Balaban J connectivity index is 2.82. The third-order valence-electron chi connectivity index (χ3n) is 2.47. The predicted molar refractivity (Wildman–Crippen MR) is 69.8 cm³/mol. The standard InChI is InChI=1S/C12H17NO5S/c1-9-5-6-10(18-2)11(8-9)19(16,17)13-7-3-4-12(14)15/h5-6,8,13H,3-4,7H2,1-2H3,(H,14,15). The molecule has 0 saturated carbocycles. The summed E-state index contributed by atoms with van der Waals surface area (Å²) in [6, 6.07) is 4.85. The van der Waals surface area contributed by atoms with Crippen molar-refractivity contribution in [2.24, 2.45) is 0 Å². The van der Waals surface area contributed by atoms with Crippen molar-refractivity contribution in [2.45, 2.75) is 24.7 Å². The average Bonchev–Trinajstić information content (AvgIpc) is 2.34. The number of benzene rings is 1. The van der Waals surface area contributed by atoms with E-state index in [0.29, 0.717) is 0 Å². The first kappa shape index (κ1) is 15.5. The van der Waals surface area contributed by atoms with Gasteiger partial charge in [0.05, 0.1) is 7.11 Å². The number of ether oxygens (including phenoxy) is 1. The summed E-state index contributed by atoms with van der Waals surface area (Å²) in [4.78, 5) is 10.4. The molecule has 1 aromatic rings. The van der Waals surface area contributed by atoms with Crippen LogP contribution in [0.1, 0.15) is 18.4 Å². The summed E-state index contributed by atoms with van der Waals surface area (Å²) in [5.41, 5.74) is 0.798. The van der Waals surface area contributed by atoms with Crippen LogP contribution in [0.4, 0.5) is 0 Å². The largest absolute Gasteiger partial charge is 0.495 e. The van der Waals surface area contributed by atoms with Gasteiger partial charge in [-0.15, -0.1) is 0 Å². The van der Waals surface area contributed by atoms with Gasteiger partial charge in [-0.2, -0.15) is 0 Å². The molecule has 19 heavy (non-hydrogen) atoms. The first-order valence-electron chi connectivity index (χ1n) is 5.73. The fourth-order valence-corrected chi connectivity index (χ4v) is 2.84. The molecule has 0 unspecified atom stereocenters. The van der Waals surface area contributed by atoms with Crippen molar-refractivity contribution >= 4 is 16.0 Å². The Morgan fingerprint density at radius 2 is 2.11 bits per heavy atom. The second-order valence-electron chi connectivity index (χ2n) is 4.05. The molecule has 1 rings (SSSR count). The monoisotopic (exact) mass is 287 g/mol. The van der Waals surface area contributed by atoms with Crippen molar-refractivity contribution in [1.82, 2.24) is 4.72 Å². The van der Waals surface area contributed by atoms with Gasteiger partial charge in [0, 0.05) is 13.0 Å². The summed E-state index contributed by atoms with van der Waals surface area (Å²) >= 11 is 0. The molecule has 0 saturated heterocycles. The van der Waals surface area contributed by atoms with E-state index in [1.54, 1.807) is 19.1 Å². The van der Waals surface area contributed by atoms with E-state index in [1.165, 1.54) is 13.2 Å². The molecule has 0 atom stereocenters. The van der Waals surface area contributed by atoms with Crippen LogP contribution in [0.25, 0.3) is 0 Å². The van der Waals surface area contributed by atoms with E-state index < -0.39 is 16.0 Å². The minimum absolute atomic E-state index is 0.0605. The summed E-state index contributed by atoms with van der Waals surface area (Å²) in [6.45, 7) is 1.86. The molecule has 0 bridgehead atoms. The van der Waals surface area contributed by atoms with Gasteiger partial charge in [0.25, 0.3) is 0 Å². The van der Waals surface area contributed by atoms with Crippen LogP contribution >= 0.6 is 0 Å². The first-order valence-corrected chi connectivity index (χ1v) is 7.21. The molecule has 1 aromatic carbocycles. The van der Waals surface area contributed by atoms with Crippen molar-refractivity contribution in [3.05, 3.63) is 23.8 Å². The SMILES string of the molecule is COc1ccc(C)cc1S(=O)(=O)NCCCC(=O)O. The Bertz CT molecular complexity index is 553. The van der Waals surface area contributed by atoms with Gasteiger partial charge >= 0.3 is 5.97 Å². The van der Waals surface area contributed by atoms with Gasteiger partial charge in [0.15, 0.2) is 0 Å². The molecule has 6 nitrogen and oxygen atoms in total. The lowest BCUT2D eigenvalue weighted by Crippen LogP contribution is -2.25. The molecule has 0 fully saturated rings. The number of carboxylic acids is 1. The number of carbonyl (C=O) groups is 1. The van der Waals surface area contributed by atoms with Gasteiger partial charge < -0.3 is 9.84 Å². The maximum Gasteiger partial charge on any atom is 0.303 e. The lowest BCUT2D eigenvalue weighted by Gasteiger charge is -2.11. The number of hydrogen-bond acceptors (Lipinski definition) is 4. The number of nitrogens with one attached hydrogen (secondary N) is 1. The number of aliphatic carboxylic acids is 1. The predicted octanol–water partition coefficient (Wildman–Crippen LogP) is 1.15. The Morgan fingerprint density at radius 3 is 2.68 bits per heavy atom. The number of methoxy groups -OCH3 is 1. The van der Waals surface area contributed by atoms with Crippen LogP contribution < -0.4 is 9.46 Å². The molecule has 0 aliphatic carbocycles. The van der Waals surface area contributed by atoms with Gasteiger partial charge in [0.1, 0.15) is 10.6 Å². The number of aryl methyl sites for hydroxylation is 1. The Hall–Kier alpha value is -1.60. The molecular formula is C12H17NO5S. The van der Waals surface area contributed by atoms with Crippen molar-refractivity contribution < 1.29 is 23.1 Å². The third kappa shape index (κ3) is 4.53. The van der Waals surface area contributed by atoms with E-state index in [4.69, 9.17) is 9.84 Å². The zero-order valence-electron chi connectivity index (χ0n) is 10.8. The van der Waals surface area contributed by atoms with Crippen molar-refractivity contribution in [3.63, 3.8) is 0 Å². The van der Waals surface area contributed by atoms with Crippen LogP contribution in [0.2, 0.25) is 0 Å². The molecule has 2 N–H and O–H groups in total. The van der Waals surface area contributed by atoms with Crippen LogP contribution in [0, 0.1) is 6.92 Å². The summed E-state index contributed by atoms with van der Waals surface area (Å²) < 4.78 is 31.5. The minimum Gasteiger partial charge on any atom is -0.495 e. The summed E-state index contributed by atoms with van der Waals surface area (Å²) in [5, 5.41) is 8.48. The summed E-state index contributed by atoms with van der Waals surface area (Å²) in [7, 11) is -2.29. The minimum atomic E-state index is -3.69. The van der Waals surface area contributed by atoms with Crippen LogP contribution in [0.5, 0.6) is 5.75 Å². The second-order valence-corrected chi connectivity index (χ2v) is 5.78. The smallest absolute Gasteiger partial charge is 0.303 e. The Labute approximate surface area is 112 Å². The van der Waals surface area contributed by atoms with Gasteiger partial charge in [-0.1, -0.05) is 6.07 Å². The van der Waals surface area contributed by atoms with Gasteiger partial charge in [-0.3, -0.25) is 4.79 Å². The van der Waals surface area contributed by atoms with E-state index in [1.807, 2.05) is 0 Å². The van der Waals surface area contributed by atoms with Crippen molar-refractivity contribution in [1.29, 1.82) is 0 Å². The maximum absolute atomic E-state index is 12.1. The topological polar surface area (TPSA) is 92.7 Å². The van der Waals surface area contributed by atoms with E-state index in [0.717, 1.165) is 5.56 Å². The van der Waals surface area contributed by atoms with Crippen molar-refractivity contribution in [2.75, 3.05) is 13.7 Å². The Kier molecular flexibility index (Phi) is 5.31. The van der Waals surface area contributed by atoms with Crippen LogP contribution in [-0.4, -0.2) is 33.1 Å². The summed E-state index contributed by atoms with van der Waals surface area (Å²) in [5.74, 6) is -0.691. The maximum atomic E-state index is 12.1. The summed E-state index contributed by atoms with van der Waals surface area (Å²) in [6.07, 6.45) is 0.163. The number of rotatable bonds is 7. The molecule has 0 spiro atoms. The van der Waals surface area contributed by atoms with E-state index in [9.17, 15) is 13.2 Å². The molecule has 0 amide bonds. The number of sulfonamides is 1. The Morgan fingerprint density at radius 1 is 1.42 bits per heavy atom. The molecule has 0 aliphatic heterocycles. The fraction of sp³-hybridized carbons (Fsp3) is 0.417. The molecule has 0 radical (unpaired) electrons. The van der Waals surface area contributed by atoms with Crippen LogP contribution in [0.15, 0.2) is 23.1 Å². The molecule has 7 heteroatoms. The van der Waals surface area contributed by atoms with Crippen LogP contribution in [0.3, 0.4) is 0 Å². The zero-order valence-corrected chi connectivity index (χ0v) is 11.7. The lowest BCUT2D eigenvalue weighted by atomic mass is 10.2. The first-order chi connectivity index (χ1) is 8.86. The van der Waals surface area contributed by atoms with Gasteiger partial charge in [-0.25, -0.2) is 13.1 Å². The highest BCUT2D eigenvalue weighted by Gasteiger charge is 2.19. The highest BCUT2D eigenvalue weighted by Crippen LogP contribution is 2.24. The molecule has 106 valence electrons. The second kappa shape index (κ2) is 6.53. The number of hydrogen-bond donors (Lipinski definition) is 2. The van der Waals surface area contributed by atoms with Crippen molar-refractivity contribution in [3.8, 4) is 5.75 Å². The molecular weight excluding hydrogens is 270 g/mol. The van der Waals surface area contributed by atoms with Gasteiger partial charge in [0.2, 0.25) is 10.0 Å². The third-order valence-corrected chi connectivity index (χ3v) is 3.95. The van der Waals surface area contributed by atoms with Gasteiger partial charge in [-0.05, 0) is 31.0 Å². The van der Waals surface area contributed by atoms with E-state index in [-0.39, 0.29) is 30.0 Å². The van der Waals surface area contributed by atoms with Crippen LogP contribution in [-0.2, 0) is 14.8 Å². The quantitative estimate of drug-likeness (QED) is 0.734. The highest BCUT2D eigenvalue weighted by molar-refractivity contribution is 7.89. The fourth-order valence-electron chi connectivity index (χ4n) is 1.52.